The molecule has 0 heterocycles. The quantitative estimate of drug-likeness (QED) is 0.836. The molecule has 0 radical (unpaired) electrons. The van der Waals surface area contributed by atoms with Gasteiger partial charge in [-0.15, -0.1) is 0 Å². The van der Waals surface area contributed by atoms with Crippen molar-refractivity contribution in [2.45, 2.75) is 13.0 Å². The number of hydrogen-bond acceptors (Lipinski definition) is 1. The van der Waals surface area contributed by atoms with Crippen LogP contribution in [-0.4, -0.2) is 5.11 Å². The minimum atomic E-state index is -0.533. The van der Waals surface area contributed by atoms with Gasteiger partial charge in [-0.1, -0.05) is 42.5 Å². The second kappa shape index (κ2) is 4.97. The molecule has 0 aliphatic carbocycles. The third-order valence-electron chi connectivity index (χ3n) is 2.68. The number of aryl methyl sites for hydroxylation is 1. The minimum Gasteiger partial charge on any atom is -0.384 e. The normalized spacial score (nSPS) is 12.4. The van der Waals surface area contributed by atoms with Crippen LogP contribution in [0.4, 0.5) is 0 Å². The first kappa shape index (κ1) is 11.6. The molecule has 82 valence electrons. The summed E-state index contributed by atoms with van der Waals surface area (Å²) in [7, 11) is 0. The van der Waals surface area contributed by atoms with E-state index in [-0.39, 0.29) is 0 Å². The summed E-state index contributed by atoms with van der Waals surface area (Å²) < 4.78 is 1.09. The molecule has 0 aliphatic rings. The molecule has 0 spiro atoms. The Kier molecular flexibility index (Phi) is 3.61. The summed E-state index contributed by atoms with van der Waals surface area (Å²) in [6.07, 6.45) is -0.533. The fourth-order valence-electron chi connectivity index (χ4n) is 1.76. The van der Waals surface area contributed by atoms with Crippen molar-refractivity contribution < 1.29 is 5.11 Å². The van der Waals surface area contributed by atoms with Gasteiger partial charge >= 0.3 is 0 Å². The zero-order valence-electron chi connectivity index (χ0n) is 9.02. The number of aliphatic hydroxyl groups is 1. The fraction of sp³-hybridized carbons (Fsp3) is 0.143. The van der Waals surface area contributed by atoms with Gasteiger partial charge < -0.3 is 5.11 Å². The largest absolute Gasteiger partial charge is 0.384 e. The van der Waals surface area contributed by atoms with Crippen molar-refractivity contribution in [3.8, 4) is 0 Å². The number of hydrogen-bond donors (Lipinski definition) is 1. The summed E-state index contributed by atoms with van der Waals surface area (Å²) >= 11 is 2.25. The predicted octanol–water partition coefficient (Wildman–Crippen LogP) is 3.68. The topological polar surface area (TPSA) is 20.2 Å². The molecule has 2 rings (SSSR count). The van der Waals surface area contributed by atoms with Crippen LogP contribution < -0.4 is 0 Å². The molecular weight excluding hydrogens is 311 g/mol. The first-order chi connectivity index (χ1) is 7.70. The van der Waals surface area contributed by atoms with E-state index in [2.05, 4.69) is 22.6 Å². The Morgan fingerprint density at radius 3 is 2.12 bits per heavy atom. The molecule has 2 heteroatoms. The van der Waals surface area contributed by atoms with Crippen molar-refractivity contribution in [3.05, 3.63) is 68.8 Å². The summed E-state index contributed by atoms with van der Waals surface area (Å²) in [5, 5.41) is 10.3. The van der Waals surface area contributed by atoms with E-state index >= 15 is 0 Å². The summed E-state index contributed by atoms with van der Waals surface area (Å²) in [6.45, 7) is 2.02. The maximum absolute atomic E-state index is 10.3. The van der Waals surface area contributed by atoms with Crippen LogP contribution in [0, 0.1) is 10.5 Å². The Bertz CT molecular complexity index is 448. The first-order valence-electron chi connectivity index (χ1n) is 5.18. The van der Waals surface area contributed by atoms with Crippen molar-refractivity contribution in [1.29, 1.82) is 0 Å². The minimum absolute atomic E-state index is 0.533. The number of halogens is 1. The van der Waals surface area contributed by atoms with Gasteiger partial charge in [-0.05, 0) is 52.3 Å². The third kappa shape index (κ3) is 2.28. The SMILES string of the molecule is Cc1ccccc1C(O)c1ccccc1I. The lowest BCUT2D eigenvalue weighted by Crippen LogP contribution is -2.03. The molecule has 1 unspecified atom stereocenters. The highest BCUT2D eigenvalue weighted by atomic mass is 127. The lowest BCUT2D eigenvalue weighted by atomic mass is 9.98. The van der Waals surface area contributed by atoms with Crippen molar-refractivity contribution in [1.82, 2.24) is 0 Å². The van der Waals surface area contributed by atoms with Gasteiger partial charge in [-0.2, -0.15) is 0 Å². The van der Waals surface area contributed by atoms with E-state index < -0.39 is 6.10 Å². The standard InChI is InChI=1S/C14H13IO/c1-10-6-2-3-7-11(10)14(16)12-8-4-5-9-13(12)15/h2-9,14,16H,1H3. The molecule has 0 aliphatic heterocycles. The van der Waals surface area contributed by atoms with Gasteiger partial charge in [0.2, 0.25) is 0 Å². The van der Waals surface area contributed by atoms with Crippen molar-refractivity contribution in [2.75, 3.05) is 0 Å². The molecule has 0 bridgehead atoms. The van der Waals surface area contributed by atoms with E-state index in [9.17, 15) is 5.11 Å². The lowest BCUT2D eigenvalue weighted by Gasteiger charge is -2.15. The average Bonchev–Trinajstić information content (AvgIpc) is 2.29. The maximum atomic E-state index is 10.3. The van der Waals surface area contributed by atoms with E-state index in [0.717, 1.165) is 20.3 Å². The van der Waals surface area contributed by atoms with E-state index in [4.69, 9.17) is 0 Å². The van der Waals surface area contributed by atoms with Crippen LogP contribution >= 0.6 is 22.6 Å². The summed E-state index contributed by atoms with van der Waals surface area (Å²) in [4.78, 5) is 0. The van der Waals surface area contributed by atoms with Gasteiger partial charge in [0.15, 0.2) is 0 Å². The van der Waals surface area contributed by atoms with Gasteiger partial charge in [-0.3, -0.25) is 0 Å². The Hall–Kier alpha value is -0.870. The highest BCUT2D eigenvalue weighted by molar-refractivity contribution is 14.1. The molecule has 16 heavy (non-hydrogen) atoms. The Labute approximate surface area is 109 Å². The average molecular weight is 324 g/mol. The maximum Gasteiger partial charge on any atom is 0.105 e. The first-order valence-corrected chi connectivity index (χ1v) is 6.26. The molecule has 2 aromatic carbocycles. The Morgan fingerprint density at radius 2 is 1.50 bits per heavy atom. The van der Waals surface area contributed by atoms with Gasteiger partial charge in [0.25, 0.3) is 0 Å². The van der Waals surface area contributed by atoms with E-state index in [1.54, 1.807) is 0 Å². The van der Waals surface area contributed by atoms with Gasteiger partial charge in [-0.25, -0.2) is 0 Å². The van der Waals surface area contributed by atoms with E-state index in [1.165, 1.54) is 0 Å². The van der Waals surface area contributed by atoms with Crippen LogP contribution in [0.5, 0.6) is 0 Å². The predicted molar refractivity (Wildman–Crippen MR) is 74.4 cm³/mol. The van der Waals surface area contributed by atoms with Crippen LogP contribution in [0.25, 0.3) is 0 Å². The summed E-state index contributed by atoms with van der Waals surface area (Å²) in [5.74, 6) is 0. The molecular formula is C14H13IO. The monoisotopic (exact) mass is 324 g/mol. The molecule has 0 saturated carbocycles. The molecule has 1 atom stereocenters. The van der Waals surface area contributed by atoms with Crippen LogP contribution in [0.2, 0.25) is 0 Å². The second-order valence-electron chi connectivity index (χ2n) is 3.78. The second-order valence-corrected chi connectivity index (χ2v) is 4.94. The van der Waals surface area contributed by atoms with Crippen molar-refractivity contribution >= 4 is 22.6 Å². The van der Waals surface area contributed by atoms with E-state index in [0.29, 0.717) is 0 Å². The summed E-state index contributed by atoms with van der Waals surface area (Å²) in [5.41, 5.74) is 3.07. The third-order valence-corrected chi connectivity index (χ3v) is 3.67. The highest BCUT2D eigenvalue weighted by Crippen LogP contribution is 2.27. The molecule has 1 N–H and O–H groups in total. The zero-order valence-corrected chi connectivity index (χ0v) is 11.2. The number of rotatable bonds is 2. The summed E-state index contributed by atoms with van der Waals surface area (Å²) in [6, 6.07) is 15.9. The van der Waals surface area contributed by atoms with Gasteiger partial charge in [0.1, 0.15) is 6.10 Å². The fourth-order valence-corrected chi connectivity index (χ4v) is 2.44. The van der Waals surface area contributed by atoms with Gasteiger partial charge in [0, 0.05) is 3.57 Å². The van der Waals surface area contributed by atoms with Crippen LogP contribution in [0.3, 0.4) is 0 Å². The van der Waals surface area contributed by atoms with Crippen molar-refractivity contribution in [2.24, 2.45) is 0 Å². The smallest absolute Gasteiger partial charge is 0.105 e. The molecule has 0 fully saturated rings. The van der Waals surface area contributed by atoms with Gasteiger partial charge in [0.05, 0.1) is 0 Å². The Balaban J connectivity index is 2.44. The van der Waals surface area contributed by atoms with Crippen LogP contribution in [-0.2, 0) is 0 Å². The lowest BCUT2D eigenvalue weighted by molar-refractivity contribution is 0.218. The molecule has 0 aromatic heterocycles. The van der Waals surface area contributed by atoms with Crippen LogP contribution in [0.1, 0.15) is 22.8 Å². The number of benzene rings is 2. The molecule has 0 saturated heterocycles. The number of aliphatic hydroxyl groups excluding tert-OH is 1. The molecule has 1 nitrogen and oxygen atoms in total. The molecule has 2 aromatic rings. The highest BCUT2D eigenvalue weighted by Gasteiger charge is 2.14. The Morgan fingerprint density at radius 1 is 0.938 bits per heavy atom. The molecule has 0 amide bonds. The van der Waals surface area contributed by atoms with Crippen molar-refractivity contribution in [3.63, 3.8) is 0 Å². The van der Waals surface area contributed by atoms with Crippen LogP contribution in [0.15, 0.2) is 48.5 Å². The van der Waals surface area contributed by atoms with E-state index in [1.807, 2.05) is 55.5 Å². The zero-order chi connectivity index (χ0) is 11.5.